The van der Waals surface area contributed by atoms with Crippen LogP contribution in [0.1, 0.15) is 11.3 Å². The van der Waals surface area contributed by atoms with E-state index in [1.807, 2.05) is 19.9 Å². The third-order valence-electron chi connectivity index (χ3n) is 3.32. The maximum Gasteiger partial charge on any atom is 0.256 e. The van der Waals surface area contributed by atoms with E-state index in [1.54, 1.807) is 25.5 Å². The van der Waals surface area contributed by atoms with Crippen LogP contribution in [-0.4, -0.2) is 17.1 Å². The van der Waals surface area contributed by atoms with Crippen LogP contribution in [-0.2, 0) is 0 Å². The van der Waals surface area contributed by atoms with Crippen molar-refractivity contribution in [3.05, 3.63) is 46.1 Å². The number of nitrogens with zero attached hydrogens (tertiary/aromatic N) is 1. The van der Waals surface area contributed by atoms with Crippen LogP contribution in [0.15, 0.2) is 33.7 Å². The SMILES string of the molecule is COc1ccc2c(=O)[nH]c(-c3nc(C)co3)cc2c1C. The first-order valence-corrected chi connectivity index (χ1v) is 6.23. The highest BCUT2D eigenvalue weighted by Crippen LogP contribution is 2.27. The van der Waals surface area contributed by atoms with Crippen LogP contribution in [0, 0.1) is 13.8 Å². The van der Waals surface area contributed by atoms with Crippen molar-refractivity contribution in [3.63, 3.8) is 0 Å². The molecule has 5 heteroatoms. The fourth-order valence-corrected chi connectivity index (χ4v) is 2.28. The van der Waals surface area contributed by atoms with Gasteiger partial charge in [-0.05, 0) is 43.0 Å². The van der Waals surface area contributed by atoms with Gasteiger partial charge in [0.2, 0.25) is 5.89 Å². The number of hydrogen-bond donors (Lipinski definition) is 1. The van der Waals surface area contributed by atoms with Crippen molar-refractivity contribution in [1.82, 2.24) is 9.97 Å². The lowest BCUT2D eigenvalue weighted by atomic mass is 10.1. The second-order valence-corrected chi connectivity index (χ2v) is 4.66. The Morgan fingerprint density at radius 3 is 2.70 bits per heavy atom. The number of aromatic amines is 1. The summed E-state index contributed by atoms with van der Waals surface area (Å²) in [5, 5.41) is 1.45. The van der Waals surface area contributed by atoms with Gasteiger partial charge in [0, 0.05) is 5.39 Å². The minimum Gasteiger partial charge on any atom is -0.496 e. The Bertz CT molecular complexity index is 846. The van der Waals surface area contributed by atoms with E-state index >= 15 is 0 Å². The van der Waals surface area contributed by atoms with Crippen molar-refractivity contribution in [3.8, 4) is 17.3 Å². The Morgan fingerprint density at radius 2 is 2.05 bits per heavy atom. The monoisotopic (exact) mass is 270 g/mol. The Labute approximate surface area is 115 Å². The van der Waals surface area contributed by atoms with Crippen LogP contribution < -0.4 is 10.3 Å². The predicted octanol–water partition coefficient (Wildman–Crippen LogP) is 2.81. The average Bonchev–Trinajstić information content (AvgIpc) is 2.86. The van der Waals surface area contributed by atoms with Crippen LogP contribution in [0.3, 0.4) is 0 Å². The van der Waals surface area contributed by atoms with Gasteiger partial charge in [-0.1, -0.05) is 0 Å². The van der Waals surface area contributed by atoms with Gasteiger partial charge < -0.3 is 14.1 Å². The summed E-state index contributed by atoms with van der Waals surface area (Å²) in [5.41, 5.74) is 2.08. The molecule has 0 saturated heterocycles. The van der Waals surface area contributed by atoms with Gasteiger partial charge in [0.05, 0.1) is 12.8 Å². The number of hydrogen-bond acceptors (Lipinski definition) is 4. The Kier molecular flexibility index (Phi) is 2.82. The number of nitrogens with one attached hydrogen (secondary N) is 1. The first-order valence-electron chi connectivity index (χ1n) is 6.23. The fraction of sp³-hybridized carbons (Fsp3) is 0.200. The van der Waals surface area contributed by atoms with Crippen molar-refractivity contribution >= 4 is 10.8 Å². The summed E-state index contributed by atoms with van der Waals surface area (Å²) < 4.78 is 10.6. The minimum absolute atomic E-state index is 0.167. The molecule has 0 saturated carbocycles. The fourth-order valence-electron chi connectivity index (χ4n) is 2.28. The lowest BCUT2D eigenvalue weighted by Crippen LogP contribution is -2.08. The van der Waals surface area contributed by atoms with Gasteiger partial charge in [0.1, 0.15) is 17.7 Å². The van der Waals surface area contributed by atoms with E-state index in [0.29, 0.717) is 17.0 Å². The normalized spacial score (nSPS) is 10.9. The number of fused-ring (bicyclic) bond motifs is 1. The molecule has 0 bridgehead atoms. The highest BCUT2D eigenvalue weighted by molar-refractivity contribution is 5.89. The zero-order valence-corrected chi connectivity index (χ0v) is 11.5. The molecule has 0 spiro atoms. The van der Waals surface area contributed by atoms with Crippen LogP contribution in [0.4, 0.5) is 0 Å². The van der Waals surface area contributed by atoms with Gasteiger partial charge in [0.25, 0.3) is 5.56 Å². The number of methoxy groups -OCH3 is 1. The summed E-state index contributed by atoms with van der Waals surface area (Å²) in [6, 6.07) is 5.41. The molecule has 1 aromatic carbocycles. The smallest absolute Gasteiger partial charge is 0.256 e. The third kappa shape index (κ3) is 1.87. The molecule has 0 fully saturated rings. The highest BCUT2D eigenvalue weighted by atomic mass is 16.5. The van der Waals surface area contributed by atoms with Gasteiger partial charge in [-0.25, -0.2) is 4.98 Å². The molecule has 0 aliphatic heterocycles. The summed E-state index contributed by atoms with van der Waals surface area (Å²) in [5.74, 6) is 1.15. The van der Waals surface area contributed by atoms with Crippen LogP contribution in [0.25, 0.3) is 22.4 Å². The van der Waals surface area contributed by atoms with Gasteiger partial charge in [-0.15, -0.1) is 0 Å². The molecule has 0 unspecified atom stereocenters. The van der Waals surface area contributed by atoms with Crippen molar-refractivity contribution in [1.29, 1.82) is 0 Å². The topological polar surface area (TPSA) is 68.1 Å². The molecule has 3 rings (SSSR count). The second kappa shape index (κ2) is 4.52. The molecule has 102 valence electrons. The number of benzene rings is 1. The number of rotatable bonds is 2. The molecule has 2 heterocycles. The highest BCUT2D eigenvalue weighted by Gasteiger charge is 2.12. The lowest BCUT2D eigenvalue weighted by molar-refractivity contribution is 0.412. The maximum absolute atomic E-state index is 12.2. The summed E-state index contributed by atoms with van der Waals surface area (Å²) in [7, 11) is 1.61. The van der Waals surface area contributed by atoms with E-state index in [-0.39, 0.29) is 5.56 Å². The summed E-state index contributed by atoms with van der Waals surface area (Å²) in [6.45, 7) is 3.76. The molecule has 3 aromatic rings. The van der Waals surface area contributed by atoms with Crippen LogP contribution in [0.5, 0.6) is 5.75 Å². The third-order valence-corrected chi connectivity index (χ3v) is 3.32. The number of oxazole rings is 1. The first-order chi connectivity index (χ1) is 9.60. The van der Waals surface area contributed by atoms with Gasteiger partial charge in [-0.3, -0.25) is 4.79 Å². The molecule has 5 nitrogen and oxygen atoms in total. The van der Waals surface area contributed by atoms with E-state index in [0.717, 1.165) is 22.4 Å². The molecule has 0 aliphatic carbocycles. The van der Waals surface area contributed by atoms with Crippen molar-refractivity contribution in [2.24, 2.45) is 0 Å². The number of ether oxygens (including phenoxy) is 1. The maximum atomic E-state index is 12.2. The van der Waals surface area contributed by atoms with Crippen LogP contribution in [0.2, 0.25) is 0 Å². The van der Waals surface area contributed by atoms with E-state index in [2.05, 4.69) is 9.97 Å². The molecule has 20 heavy (non-hydrogen) atoms. The molecule has 0 radical (unpaired) electrons. The summed E-state index contributed by atoms with van der Waals surface area (Å²) in [6.07, 6.45) is 1.55. The standard InChI is InChI=1S/C15H14N2O3/c1-8-7-20-15(16-8)12-6-11-9(2)13(19-3)5-4-10(11)14(18)17-12/h4-7H,1-3H3,(H,17,18). The number of aromatic nitrogens is 2. The summed E-state index contributed by atoms with van der Waals surface area (Å²) in [4.78, 5) is 19.2. The molecule has 0 aliphatic rings. The van der Waals surface area contributed by atoms with Crippen molar-refractivity contribution < 1.29 is 9.15 Å². The number of pyridine rings is 1. The molecule has 2 aromatic heterocycles. The zero-order valence-electron chi connectivity index (χ0n) is 11.5. The number of H-pyrrole nitrogens is 1. The molecule has 0 amide bonds. The Balaban J connectivity index is 2.32. The molecular formula is C15H14N2O3. The van der Waals surface area contributed by atoms with E-state index in [9.17, 15) is 4.79 Å². The lowest BCUT2D eigenvalue weighted by Gasteiger charge is -2.08. The Hall–Kier alpha value is -2.56. The quantitative estimate of drug-likeness (QED) is 0.777. The average molecular weight is 270 g/mol. The van der Waals surface area contributed by atoms with Crippen molar-refractivity contribution in [2.45, 2.75) is 13.8 Å². The molecular weight excluding hydrogens is 256 g/mol. The van der Waals surface area contributed by atoms with E-state index < -0.39 is 0 Å². The summed E-state index contributed by atoms with van der Waals surface area (Å²) >= 11 is 0. The van der Waals surface area contributed by atoms with Gasteiger partial charge in [-0.2, -0.15) is 0 Å². The van der Waals surface area contributed by atoms with Gasteiger partial charge >= 0.3 is 0 Å². The predicted molar refractivity (Wildman–Crippen MR) is 76.1 cm³/mol. The van der Waals surface area contributed by atoms with Crippen LogP contribution >= 0.6 is 0 Å². The van der Waals surface area contributed by atoms with E-state index in [4.69, 9.17) is 9.15 Å². The van der Waals surface area contributed by atoms with Crippen molar-refractivity contribution in [2.75, 3.05) is 7.11 Å². The zero-order chi connectivity index (χ0) is 14.3. The van der Waals surface area contributed by atoms with Gasteiger partial charge in [0.15, 0.2) is 0 Å². The molecule has 1 N–H and O–H groups in total. The second-order valence-electron chi connectivity index (χ2n) is 4.66. The number of aryl methyl sites for hydroxylation is 2. The largest absolute Gasteiger partial charge is 0.496 e. The minimum atomic E-state index is -0.167. The van der Waals surface area contributed by atoms with E-state index in [1.165, 1.54) is 0 Å². The first kappa shape index (κ1) is 12.5. The molecule has 0 atom stereocenters. The Morgan fingerprint density at radius 1 is 1.25 bits per heavy atom.